The normalized spacial score (nSPS) is 10.9. The molecule has 0 saturated carbocycles. The lowest BCUT2D eigenvalue weighted by molar-refractivity contribution is 0.110. The topological polar surface area (TPSA) is 44.1 Å². The maximum absolute atomic E-state index is 11.0. The number of ether oxygens (including phenoxy) is 1. The van der Waals surface area contributed by atoms with Crippen molar-refractivity contribution in [2.24, 2.45) is 0 Å². The fourth-order valence-corrected chi connectivity index (χ4v) is 2.09. The zero-order valence-electron chi connectivity index (χ0n) is 9.52. The van der Waals surface area contributed by atoms with Crippen LogP contribution in [0.15, 0.2) is 22.7 Å². The first kappa shape index (κ1) is 12.3. The maximum atomic E-state index is 11.0. The third-order valence-electron chi connectivity index (χ3n) is 2.51. The van der Waals surface area contributed by atoms with Crippen LogP contribution >= 0.6 is 15.9 Å². The van der Waals surface area contributed by atoms with Crippen LogP contribution in [0, 0.1) is 0 Å². The standard InChI is InChI=1S/C12H13BrN2O2/c1-2-17-6-5-15-11-7-9(13)3-4-10(11)14-12(15)8-16/h3-4,7-8H,2,5-6H2,1H3. The zero-order chi connectivity index (χ0) is 12.3. The molecule has 2 aromatic rings. The number of hydrogen-bond acceptors (Lipinski definition) is 3. The molecule has 1 aromatic heterocycles. The Morgan fingerprint density at radius 3 is 3.06 bits per heavy atom. The van der Waals surface area contributed by atoms with Gasteiger partial charge in [-0.1, -0.05) is 15.9 Å². The molecule has 0 unspecified atom stereocenters. The summed E-state index contributed by atoms with van der Waals surface area (Å²) in [6.45, 7) is 3.83. The average molecular weight is 297 g/mol. The van der Waals surface area contributed by atoms with Gasteiger partial charge in [-0.3, -0.25) is 4.79 Å². The third kappa shape index (κ3) is 2.56. The first-order valence-electron chi connectivity index (χ1n) is 5.45. The van der Waals surface area contributed by atoms with Crippen LogP contribution in [0.4, 0.5) is 0 Å². The molecule has 0 aliphatic heterocycles. The monoisotopic (exact) mass is 296 g/mol. The summed E-state index contributed by atoms with van der Waals surface area (Å²) in [7, 11) is 0. The third-order valence-corrected chi connectivity index (χ3v) is 3.00. The molecule has 0 saturated heterocycles. The molecule has 0 atom stereocenters. The Morgan fingerprint density at radius 1 is 1.53 bits per heavy atom. The van der Waals surface area contributed by atoms with Gasteiger partial charge in [0, 0.05) is 17.6 Å². The van der Waals surface area contributed by atoms with Crippen molar-refractivity contribution in [2.75, 3.05) is 13.2 Å². The Morgan fingerprint density at radius 2 is 2.35 bits per heavy atom. The number of hydrogen-bond donors (Lipinski definition) is 0. The Bertz CT molecular complexity index is 537. The van der Waals surface area contributed by atoms with E-state index in [-0.39, 0.29) is 0 Å². The first-order chi connectivity index (χ1) is 8.26. The van der Waals surface area contributed by atoms with Crippen LogP contribution in [0.25, 0.3) is 11.0 Å². The van der Waals surface area contributed by atoms with Gasteiger partial charge in [0.05, 0.1) is 17.6 Å². The summed E-state index contributed by atoms with van der Waals surface area (Å²) in [4.78, 5) is 15.2. The van der Waals surface area contributed by atoms with E-state index in [2.05, 4.69) is 20.9 Å². The predicted molar refractivity (Wildman–Crippen MR) is 69.3 cm³/mol. The van der Waals surface area contributed by atoms with Crippen molar-refractivity contribution >= 4 is 33.2 Å². The van der Waals surface area contributed by atoms with Crippen LogP contribution in [0.1, 0.15) is 17.5 Å². The molecule has 5 heteroatoms. The molecule has 0 fully saturated rings. The van der Waals surface area contributed by atoms with Crippen LogP contribution in [0.5, 0.6) is 0 Å². The fourth-order valence-electron chi connectivity index (χ4n) is 1.74. The number of nitrogens with zero attached hydrogens (tertiary/aromatic N) is 2. The highest BCUT2D eigenvalue weighted by molar-refractivity contribution is 9.10. The molecule has 1 heterocycles. The number of imidazole rings is 1. The second-order valence-corrected chi connectivity index (χ2v) is 4.49. The van der Waals surface area contributed by atoms with E-state index >= 15 is 0 Å². The summed E-state index contributed by atoms with van der Waals surface area (Å²) in [5.41, 5.74) is 1.77. The van der Waals surface area contributed by atoms with Crippen molar-refractivity contribution < 1.29 is 9.53 Å². The van der Waals surface area contributed by atoms with Gasteiger partial charge in [0.15, 0.2) is 12.1 Å². The smallest absolute Gasteiger partial charge is 0.185 e. The van der Waals surface area contributed by atoms with Crippen LogP contribution in [-0.2, 0) is 11.3 Å². The van der Waals surface area contributed by atoms with E-state index < -0.39 is 0 Å². The maximum Gasteiger partial charge on any atom is 0.185 e. The lowest BCUT2D eigenvalue weighted by Crippen LogP contribution is -2.08. The number of benzene rings is 1. The molecule has 0 aliphatic carbocycles. The number of aldehydes is 1. The largest absolute Gasteiger partial charge is 0.380 e. The van der Waals surface area contributed by atoms with Gasteiger partial charge < -0.3 is 9.30 Å². The summed E-state index contributed by atoms with van der Waals surface area (Å²) >= 11 is 3.42. The van der Waals surface area contributed by atoms with Gasteiger partial charge in [-0.15, -0.1) is 0 Å². The van der Waals surface area contributed by atoms with Gasteiger partial charge in [0.2, 0.25) is 0 Å². The highest BCUT2D eigenvalue weighted by atomic mass is 79.9. The van der Waals surface area contributed by atoms with Gasteiger partial charge in [0.25, 0.3) is 0 Å². The average Bonchev–Trinajstić information content (AvgIpc) is 2.67. The molecular weight excluding hydrogens is 284 g/mol. The highest BCUT2D eigenvalue weighted by Crippen LogP contribution is 2.20. The molecule has 1 aromatic carbocycles. The van der Waals surface area contributed by atoms with E-state index in [1.165, 1.54) is 0 Å². The molecule has 0 N–H and O–H groups in total. The van der Waals surface area contributed by atoms with Crippen molar-refractivity contribution in [1.82, 2.24) is 9.55 Å². The minimum atomic E-state index is 0.442. The summed E-state index contributed by atoms with van der Waals surface area (Å²) in [6, 6.07) is 5.77. The molecule has 0 radical (unpaired) electrons. The van der Waals surface area contributed by atoms with E-state index in [1.54, 1.807) is 0 Å². The molecule has 17 heavy (non-hydrogen) atoms. The highest BCUT2D eigenvalue weighted by Gasteiger charge is 2.09. The van der Waals surface area contributed by atoms with Gasteiger partial charge in [-0.05, 0) is 25.1 Å². The van der Waals surface area contributed by atoms with E-state index in [0.717, 1.165) is 21.8 Å². The Balaban J connectivity index is 2.41. The first-order valence-corrected chi connectivity index (χ1v) is 6.24. The molecule has 90 valence electrons. The van der Waals surface area contributed by atoms with Gasteiger partial charge in [0.1, 0.15) is 0 Å². The summed E-state index contributed by atoms with van der Waals surface area (Å²) < 4.78 is 8.16. The van der Waals surface area contributed by atoms with Gasteiger partial charge >= 0.3 is 0 Å². The van der Waals surface area contributed by atoms with E-state index in [9.17, 15) is 4.79 Å². The summed E-state index contributed by atoms with van der Waals surface area (Å²) in [5.74, 6) is 0.442. The van der Waals surface area contributed by atoms with Crippen molar-refractivity contribution in [3.8, 4) is 0 Å². The molecule has 2 rings (SSSR count). The Hall–Kier alpha value is -1.20. The number of carbonyl (C=O) groups excluding carboxylic acids is 1. The van der Waals surface area contributed by atoms with Crippen LogP contribution in [0.3, 0.4) is 0 Å². The zero-order valence-corrected chi connectivity index (χ0v) is 11.1. The minimum Gasteiger partial charge on any atom is -0.380 e. The fraction of sp³-hybridized carbons (Fsp3) is 0.333. The molecule has 4 nitrogen and oxygen atoms in total. The lowest BCUT2D eigenvalue weighted by atomic mass is 10.3. The number of halogens is 1. The predicted octanol–water partition coefficient (Wildman–Crippen LogP) is 2.65. The van der Waals surface area contributed by atoms with E-state index in [0.29, 0.717) is 25.6 Å². The van der Waals surface area contributed by atoms with Gasteiger partial charge in [-0.25, -0.2) is 4.98 Å². The van der Waals surface area contributed by atoms with E-state index in [4.69, 9.17) is 4.74 Å². The molecular formula is C12H13BrN2O2. The quantitative estimate of drug-likeness (QED) is 0.629. The summed E-state index contributed by atoms with van der Waals surface area (Å²) in [6.07, 6.45) is 0.778. The number of aromatic nitrogens is 2. The molecule has 0 aliphatic rings. The van der Waals surface area contributed by atoms with Crippen molar-refractivity contribution in [1.29, 1.82) is 0 Å². The SMILES string of the molecule is CCOCCn1c(C=O)nc2ccc(Br)cc21. The summed E-state index contributed by atoms with van der Waals surface area (Å²) in [5, 5.41) is 0. The molecule has 0 bridgehead atoms. The van der Waals surface area contributed by atoms with Crippen LogP contribution in [-0.4, -0.2) is 29.1 Å². The van der Waals surface area contributed by atoms with E-state index in [1.807, 2.05) is 29.7 Å². The van der Waals surface area contributed by atoms with Crippen molar-refractivity contribution in [2.45, 2.75) is 13.5 Å². The molecule has 0 amide bonds. The van der Waals surface area contributed by atoms with Crippen LogP contribution < -0.4 is 0 Å². The second kappa shape index (κ2) is 5.42. The molecule has 0 spiro atoms. The number of carbonyl (C=O) groups is 1. The second-order valence-electron chi connectivity index (χ2n) is 3.57. The Kier molecular flexibility index (Phi) is 3.91. The van der Waals surface area contributed by atoms with Crippen molar-refractivity contribution in [3.63, 3.8) is 0 Å². The van der Waals surface area contributed by atoms with Crippen LogP contribution in [0.2, 0.25) is 0 Å². The minimum absolute atomic E-state index is 0.442. The number of fused-ring (bicyclic) bond motifs is 1. The van der Waals surface area contributed by atoms with Crippen molar-refractivity contribution in [3.05, 3.63) is 28.5 Å². The lowest BCUT2D eigenvalue weighted by Gasteiger charge is -2.06. The number of rotatable bonds is 5. The Labute approximate surface area is 108 Å². The van der Waals surface area contributed by atoms with Gasteiger partial charge in [-0.2, -0.15) is 0 Å².